The molecule has 2 aromatic rings. The van der Waals surface area contributed by atoms with Crippen LogP contribution in [-0.2, 0) is 11.3 Å². The van der Waals surface area contributed by atoms with Crippen LogP contribution in [0.25, 0.3) is 6.08 Å². The van der Waals surface area contributed by atoms with Crippen molar-refractivity contribution in [2.45, 2.75) is 13.1 Å². The summed E-state index contributed by atoms with van der Waals surface area (Å²) in [5.74, 6) is -0.848. The first-order chi connectivity index (χ1) is 10.9. The largest absolute Gasteiger partial charge is 0.335 e. The van der Waals surface area contributed by atoms with Crippen molar-refractivity contribution in [3.05, 3.63) is 58.3 Å². The number of imidazole rings is 1. The molecule has 0 spiro atoms. The van der Waals surface area contributed by atoms with Gasteiger partial charge < -0.3 is 4.90 Å². The topological polar surface area (TPSA) is 38.1 Å². The number of nitrogens with zero attached hydrogens (tertiary/aromatic N) is 3. The number of benzene rings is 1. The molecule has 1 heterocycles. The quantitative estimate of drug-likeness (QED) is 0.730. The summed E-state index contributed by atoms with van der Waals surface area (Å²) in [6.45, 7) is -2.80. The minimum absolute atomic E-state index is 0.0675. The number of amides is 1. The van der Waals surface area contributed by atoms with Crippen LogP contribution in [0.2, 0.25) is 0 Å². The zero-order valence-corrected chi connectivity index (χ0v) is 13.7. The second-order valence-electron chi connectivity index (χ2n) is 4.72. The fourth-order valence-corrected chi connectivity index (χ4v) is 2.24. The lowest BCUT2D eigenvalue weighted by molar-refractivity contribution is -0.125. The standard InChI is InChI=1S/C15H13BrF3N3O/c1-21(9-13-20-6-7-22(13)15(18)19)14(23)5-2-10-8-11(16)3-4-12(10)17/h2-8,15H,9H2,1H3/b5-2+. The normalized spacial score (nSPS) is 11.4. The van der Waals surface area contributed by atoms with E-state index in [4.69, 9.17) is 0 Å². The van der Waals surface area contributed by atoms with Crippen LogP contribution in [0.1, 0.15) is 17.9 Å². The van der Waals surface area contributed by atoms with E-state index in [0.717, 1.165) is 6.20 Å². The van der Waals surface area contributed by atoms with E-state index in [2.05, 4.69) is 20.9 Å². The molecule has 0 aliphatic heterocycles. The van der Waals surface area contributed by atoms with Crippen LogP contribution in [0.3, 0.4) is 0 Å². The number of likely N-dealkylation sites (N-methyl/N-ethyl adjacent to an activating group) is 1. The van der Waals surface area contributed by atoms with Crippen molar-refractivity contribution in [3.8, 4) is 0 Å². The van der Waals surface area contributed by atoms with Gasteiger partial charge in [0.25, 0.3) is 0 Å². The summed E-state index contributed by atoms with van der Waals surface area (Å²) in [6.07, 6.45) is 4.90. The summed E-state index contributed by atoms with van der Waals surface area (Å²) in [5.41, 5.74) is 0.246. The summed E-state index contributed by atoms with van der Waals surface area (Å²) in [4.78, 5) is 17.0. The molecule has 23 heavy (non-hydrogen) atoms. The Kier molecular flexibility index (Phi) is 5.59. The van der Waals surface area contributed by atoms with Gasteiger partial charge in [0.2, 0.25) is 5.91 Å². The fraction of sp³-hybridized carbons (Fsp3) is 0.200. The highest BCUT2D eigenvalue weighted by atomic mass is 79.9. The second-order valence-corrected chi connectivity index (χ2v) is 5.64. The van der Waals surface area contributed by atoms with Crippen molar-refractivity contribution in [3.63, 3.8) is 0 Å². The minimum atomic E-state index is -2.72. The Bertz CT molecular complexity index is 731. The van der Waals surface area contributed by atoms with Gasteiger partial charge in [-0.1, -0.05) is 15.9 Å². The Morgan fingerprint density at radius 1 is 1.48 bits per heavy atom. The van der Waals surface area contributed by atoms with Gasteiger partial charge in [-0.2, -0.15) is 8.78 Å². The maximum Gasteiger partial charge on any atom is 0.319 e. The van der Waals surface area contributed by atoms with Crippen molar-refractivity contribution in [1.82, 2.24) is 14.5 Å². The van der Waals surface area contributed by atoms with E-state index in [1.807, 2.05) is 0 Å². The molecule has 1 amide bonds. The number of carbonyl (C=O) groups excluding carboxylic acids is 1. The molecule has 0 aliphatic carbocycles. The second kappa shape index (κ2) is 7.45. The molecule has 0 saturated carbocycles. The Hall–Kier alpha value is -2.09. The van der Waals surface area contributed by atoms with Crippen LogP contribution in [0.15, 0.2) is 41.1 Å². The molecule has 0 N–H and O–H groups in total. The van der Waals surface area contributed by atoms with Gasteiger partial charge in [0.15, 0.2) is 0 Å². The number of rotatable bonds is 5. The lowest BCUT2D eigenvalue weighted by atomic mass is 10.2. The highest BCUT2D eigenvalue weighted by Crippen LogP contribution is 2.17. The lowest BCUT2D eigenvalue weighted by Gasteiger charge is -2.15. The third kappa shape index (κ3) is 4.44. The molecule has 0 bridgehead atoms. The third-order valence-electron chi connectivity index (χ3n) is 3.08. The van der Waals surface area contributed by atoms with Crippen LogP contribution in [-0.4, -0.2) is 27.4 Å². The van der Waals surface area contributed by atoms with Gasteiger partial charge in [-0.25, -0.2) is 9.37 Å². The maximum absolute atomic E-state index is 13.6. The van der Waals surface area contributed by atoms with Crippen molar-refractivity contribution >= 4 is 27.9 Å². The predicted octanol–water partition coefficient (Wildman–Crippen LogP) is 3.85. The predicted molar refractivity (Wildman–Crippen MR) is 83.1 cm³/mol. The SMILES string of the molecule is CN(Cc1nccn1C(F)F)C(=O)/C=C/c1cc(Br)ccc1F. The zero-order valence-electron chi connectivity index (χ0n) is 12.1. The minimum Gasteiger partial charge on any atom is -0.335 e. The van der Waals surface area contributed by atoms with Gasteiger partial charge in [-0.3, -0.25) is 9.36 Å². The van der Waals surface area contributed by atoms with Gasteiger partial charge in [-0.15, -0.1) is 0 Å². The zero-order chi connectivity index (χ0) is 17.0. The van der Waals surface area contributed by atoms with E-state index in [1.165, 1.54) is 42.4 Å². The molecule has 0 atom stereocenters. The van der Waals surface area contributed by atoms with Gasteiger partial charge in [0, 0.05) is 35.6 Å². The number of hydrogen-bond donors (Lipinski definition) is 0. The number of hydrogen-bond acceptors (Lipinski definition) is 2. The Morgan fingerprint density at radius 3 is 2.91 bits per heavy atom. The average molecular weight is 388 g/mol. The molecule has 0 fully saturated rings. The van der Waals surface area contributed by atoms with Crippen LogP contribution < -0.4 is 0 Å². The van der Waals surface area contributed by atoms with Gasteiger partial charge in [0.05, 0.1) is 6.54 Å². The molecule has 122 valence electrons. The molecule has 8 heteroatoms. The summed E-state index contributed by atoms with van der Waals surface area (Å²) >= 11 is 3.22. The first-order valence-electron chi connectivity index (χ1n) is 6.56. The highest BCUT2D eigenvalue weighted by molar-refractivity contribution is 9.10. The van der Waals surface area contributed by atoms with Crippen LogP contribution >= 0.6 is 15.9 Å². The van der Waals surface area contributed by atoms with Crippen molar-refractivity contribution < 1.29 is 18.0 Å². The Labute approximate surface area is 139 Å². The Morgan fingerprint density at radius 2 is 2.22 bits per heavy atom. The summed E-state index contributed by atoms with van der Waals surface area (Å²) in [7, 11) is 1.45. The molecule has 0 unspecified atom stereocenters. The summed E-state index contributed by atoms with van der Waals surface area (Å²) in [5, 5.41) is 0. The first kappa shape index (κ1) is 17.3. The van der Waals surface area contributed by atoms with Crippen LogP contribution in [0, 0.1) is 5.82 Å². The molecular weight excluding hydrogens is 375 g/mol. The Balaban J connectivity index is 2.06. The number of alkyl halides is 2. The van der Waals surface area contributed by atoms with Gasteiger partial charge in [0.1, 0.15) is 11.6 Å². The van der Waals surface area contributed by atoms with Crippen molar-refractivity contribution in [2.24, 2.45) is 0 Å². The van der Waals surface area contributed by atoms with Crippen LogP contribution in [0.5, 0.6) is 0 Å². The van der Waals surface area contributed by atoms with Gasteiger partial charge >= 0.3 is 6.55 Å². The molecule has 1 aromatic carbocycles. The highest BCUT2D eigenvalue weighted by Gasteiger charge is 2.15. The molecule has 0 saturated heterocycles. The van der Waals surface area contributed by atoms with E-state index in [0.29, 0.717) is 9.04 Å². The van der Waals surface area contributed by atoms with Gasteiger partial charge in [-0.05, 0) is 24.3 Å². The monoisotopic (exact) mass is 387 g/mol. The molecule has 4 nitrogen and oxygen atoms in total. The van der Waals surface area contributed by atoms with E-state index < -0.39 is 18.3 Å². The molecule has 0 radical (unpaired) electrons. The van der Waals surface area contributed by atoms with Crippen LogP contribution in [0.4, 0.5) is 13.2 Å². The average Bonchev–Trinajstić information content (AvgIpc) is 2.96. The number of aromatic nitrogens is 2. The summed E-state index contributed by atoms with van der Waals surface area (Å²) in [6, 6.07) is 4.35. The van der Waals surface area contributed by atoms with Crippen molar-refractivity contribution in [2.75, 3.05) is 7.05 Å². The first-order valence-corrected chi connectivity index (χ1v) is 7.36. The third-order valence-corrected chi connectivity index (χ3v) is 3.57. The number of halogens is 4. The molecule has 1 aromatic heterocycles. The number of carbonyl (C=O) groups is 1. The fourth-order valence-electron chi connectivity index (χ4n) is 1.86. The molecular formula is C15H13BrF3N3O. The van der Waals surface area contributed by atoms with E-state index in [1.54, 1.807) is 6.07 Å². The molecule has 0 aliphatic rings. The van der Waals surface area contributed by atoms with E-state index in [9.17, 15) is 18.0 Å². The van der Waals surface area contributed by atoms with E-state index >= 15 is 0 Å². The molecule has 2 rings (SSSR count). The summed E-state index contributed by atoms with van der Waals surface area (Å²) < 4.78 is 40.4. The van der Waals surface area contributed by atoms with Crippen molar-refractivity contribution in [1.29, 1.82) is 0 Å². The lowest BCUT2D eigenvalue weighted by Crippen LogP contribution is -2.26. The van der Waals surface area contributed by atoms with E-state index in [-0.39, 0.29) is 17.9 Å². The smallest absolute Gasteiger partial charge is 0.319 e. The maximum atomic E-state index is 13.6.